The lowest BCUT2D eigenvalue weighted by atomic mass is 9.56. The van der Waals surface area contributed by atoms with Crippen LogP contribution in [0.1, 0.15) is 132 Å². The maximum absolute atomic E-state index is 2.87. The molecule has 0 N–H and O–H groups in total. The molecule has 5 saturated carbocycles. The van der Waals surface area contributed by atoms with Crippen molar-refractivity contribution in [1.82, 2.24) is 0 Å². The van der Waals surface area contributed by atoms with Crippen LogP contribution in [0.15, 0.2) is 224 Å². The molecule has 0 saturated heterocycles. The van der Waals surface area contributed by atoms with Gasteiger partial charge in [0.2, 0.25) is 0 Å². The van der Waals surface area contributed by atoms with E-state index in [1.54, 1.807) is 44.5 Å². The topological polar surface area (TPSA) is 3.24 Å². The van der Waals surface area contributed by atoms with E-state index in [1.165, 1.54) is 131 Å². The fourth-order valence-electron chi connectivity index (χ4n) is 20.0. The molecule has 8 atom stereocenters. The Labute approximate surface area is 477 Å². The van der Waals surface area contributed by atoms with Crippen LogP contribution in [0, 0.1) is 29.1 Å². The molecule has 10 aliphatic rings. The Bertz CT molecular complexity index is 4160. The van der Waals surface area contributed by atoms with E-state index in [0.29, 0.717) is 23.2 Å². The fourth-order valence-corrected chi connectivity index (χ4v) is 20.0. The lowest BCUT2D eigenvalue weighted by molar-refractivity contribution is 0.00322. The fraction of sp³-hybridized carbons (Fsp3) is 0.250. The molecule has 1 nitrogen and oxygen atoms in total. The molecule has 10 aliphatic carbocycles. The maximum atomic E-state index is 2.87. The number of benzene rings is 10. The summed E-state index contributed by atoms with van der Waals surface area (Å²) in [5.41, 5.74) is 32.4. The summed E-state index contributed by atoms with van der Waals surface area (Å²) < 4.78 is 0. The highest BCUT2D eigenvalue weighted by Crippen LogP contribution is 2.77. The molecular formula is C80H65N. The summed E-state index contributed by atoms with van der Waals surface area (Å²) >= 11 is 0. The number of anilines is 3. The Balaban J connectivity index is 0.793. The quantitative estimate of drug-likeness (QED) is 0.154. The molecule has 8 unspecified atom stereocenters. The van der Waals surface area contributed by atoms with Crippen molar-refractivity contribution in [3.8, 4) is 66.8 Å². The van der Waals surface area contributed by atoms with Crippen LogP contribution < -0.4 is 4.90 Å². The van der Waals surface area contributed by atoms with E-state index in [9.17, 15) is 0 Å². The highest BCUT2D eigenvalue weighted by atomic mass is 15.1. The number of hydrogen-bond acceptors (Lipinski definition) is 1. The summed E-state index contributed by atoms with van der Waals surface area (Å²) in [4.78, 5) is 2.47. The minimum absolute atomic E-state index is 0.382. The zero-order valence-corrected chi connectivity index (χ0v) is 46.0. The van der Waals surface area contributed by atoms with Crippen LogP contribution in [0.2, 0.25) is 0 Å². The Kier molecular flexibility index (Phi) is 9.48. The Morgan fingerprint density at radius 2 is 0.741 bits per heavy atom. The summed E-state index contributed by atoms with van der Waals surface area (Å²) in [5, 5.41) is 0. The van der Waals surface area contributed by atoms with Crippen LogP contribution in [0.25, 0.3) is 66.8 Å². The van der Waals surface area contributed by atoms with Gasteiger partial charge in [0.05, 0.1) is 5.41 Å². The average molecular weight is 1040 g/mol. The molecule has 0 amide bonds. The van der Waals surface area contributed by atoms with E-state index in [1.807, 2.05) is 0 Å². The van der Waals surface area contributed by atoms with Crippen LogP contribution >= 0.6 is 0 Å². The first kappa shape index (κ1) is 45.7. The Morgan fingerprint density at radius 3 is 1.32 bits per heavy atom. The molecule has 0 radical (unpaired) electrons. The van der Waals surface area contributed by atoms with Gasteiger partial charge in [0.15, 0.2) is 0 Å². The summed E-state index contributed by atoms with van der Waals surface area (Å²) in [6, 6.07) is 86.9. The minimum Gasteiger partial charge on any atom is -0.310 e. The molecule has 10 aromatic rings. The smallest absolute Gasteiger partial charge is 0.0725 e. The predicted octanol–water partition coefficient (Wildman–Crippen LogP) is 20.9. The Morgan fingerprint density at radius 1 is 0.284 bits per heavy atom. The molecule has 390 valence electrons. The summed E-state index contributed by atoms with van der Waals surface area (Å²) in [6.07, 6.45) is 14.2. The van der Waals surface area contributed by atoms with Crippen molar-refractivity contribution in [2.45, 2.75) is 93.3 Å². The van der Waals surface area contributed by atoms with Crippen LogP contribution in [0.3, 0.4) is 0 Å². The molecule has 0 aliphatic heterocycles. The summed E-state index contributed by atoms with van der Waals surface area (Å²) in [6.45, 7) is 0. The number of rotatable bonds is 7. The molecule has 7 bridgehead atoms. The van der Waals surface area contributed by atoms with Crippen molar-refractivity contribution >= 4 is 17.1 Å². The second-order valence-electron chi connectivity index (χ2n) is 26.8. The van der Waals surface area contributed by atoms with E-state index in [4.69, 9.17) is 0 Å². The first-order chi connectivity index (χ1) is 40.0. The first-order valence-electron chi connectivity index (χ1n) is 30.9. The zero-order valence-electron chi connectivity index (χ0n) is 46.0. The van der Waals surface area contributed by atoms with Crippen molar-refractivity contribution < 1.29 is 0 Å². The van der Waals surface area contributed by atoms with Gasteiger partial charge in [-0.25, -0.2) is 0 Å². The molecule has 20 rings (SSSR count). The van der Waals surface area contributed by atoms with E-state index >= 15 is 0 Å². The summed E-state index contributed by atoms with van der Waals surface area (Å²) in [7, 11) is 0. The van der Waals surface area contributed by atoms with Crippen LogP contribution in [0.4, 0.5) is 17.1 Å². The van der Waals surface area contributed by atoms with Crippen molar-refractivity contribution in [1.29, 1.82) is 0 Å². The first-order valence-corrected chi connectivity index (χ1v) is 30.9. The highest BCUT2D eigenvalue weighted by molar-refractivity contribution is 6.01. The SMILES string of the molecule is c1ccc(-c2ccc(N(c3ccc(-c4cccc5c4-c4ccccc4C54c5cc6c(cc5-c5cc7c(cc54)C4CC5CC8CC7CC85C4)C4CC5CC(C4)CC6C5)cc3)c3cc(-c4ccccc4)cc(-c4ccccc4)c3)cc2)cc1. The van der Waals surface area contributed by atoms with Gasteiger partial charge in [-0.05, 0) is 271 Å². The molecule has 1 heteroatoms. The van der Waals surface area contributed by atoms with Gasteiger partial charge < -0.3 is 4.90 Å². The van der Waals surface area contributed by atoms with Crippen molar-refractivity contribution in [2.75, 3.05) is 4.90 Å². The van der Waals surface area contributed by atoms with Crippen LogP contribution in [0.5, 0.6) is 0 Å². The van der Waals surface area contributed by atoms with Crippen molar-refractivity contribution in [3.63, 3.8) is 0 Å². The molecule has 0 aromatic heterocycles. The van der Waals surface area contributed by atoms with E-state index < -0.39 is 0 Å². The Hall–Kier alpha value is -8.00. The second-order valence-corrected chi connectivity index (χ2v) is 26.8. The highest BCUT2D eigenvalue weighted by Gasteiger charge is 2.66. The minimum atomic E-state index is -0.382. The van der Waals surface area contributed by atoms with Gasteiger partial charge in [-0.1, -0.05) is 182 Å². The largest absolute Gasteiger partial charge is 0.310 e. The third kappa shape index (κ3) is 6.39. The molecule has 81 heavy (non-hydrogen) atoms. The van der Waals surface area contributed by atoms with Gasteiger partial charge in [-0.2, -0.15) is 0 Å². The van der Waals surface area contributed by atoms with Gasteiger partial charge in [-0.3, -0.25) is 0 Å². The van der Waals surface area contributed by atoms with Gasteiger partial charge in [0, 0.05) is 17.1 Å². The van der Waals surface area contributed by atoms with E-state index in [2.05, 4.69) is 229 Å². The molecule has 0 heterocycles. The van der Waals surface area contributed by atoms with Gasteiger partial charge in [0.25, 0.3) is 0 Å². The zero-order chi connectivity index (χ0) is 52.7. The number of fused-ring (bicyclic) bond motifs is 15. The summed E-state index contributed by atoms with van der Waals surface area (Å²) in [5.74, 6) is 6.51. The third-order valence-corrected chi connectivity index (χ3v) is 23.2. The normalized spacial score (nSPS) is 27.4. The van der Waals surface area contributed by atoms with E-state index in [0.717, 1.165) is 46.7 Å². The molecule has 2 spiro atoms. The standard InChI is InChI=1S/C80H65N/c1-4-13-50(14-5-1)53-23-27-63(28-24-53)81(65-39-55(51-15-6-2-7-16-51)36-56(40-65)52-17-8-3-9-18-52)64-29-25-54(26-30-64)66-20-12-22-75-78(66)67-19-10-11-21-74(67)80(75)76-44-70-58-34-48-31-49(35-58)33-57(32-48)68(70)42-72(76)73-43-69-59-37-61-41-62-38-60(47-79(61,62)46-59)71(69)45-77(73)80/h1-30,36,39-40,42-45,48-49,57-62H,31-35,37-38,41,46-47H2. The van der Waals surface area contributed by atoms with Crippen LogP contribution in [-0.4, -0.2) is 0 Å². The van der Waals surface area contributed by atoms with Gasteiger partial charge >= 0.3 is 0 Å². The van der Waals surface area contributed by atoms with E-state index in [-0.39, 0.29) is 5.41 Å². The van der Waals surface area contributed by atoms with Crippen LogP contribution in [-0.2, 0) is 5.41 Å². The van der Waals surface area contributed by atoms with Gasteiger partial charge in [0.1, 0.15) is 0 Å². The molecule has 10 aromatic carbocycles. The third-order valence-electron chi connectivity index (χ3n) is 23.2. The molecule has 5 fully saturated rings. The predicted molar refractivity (Wildman–Crippen MR) is 333 cm³/mol. The van der Waals surface area contributed by atoms with Crippen molar-refractivity contribution in [2.24, 2.45) is 29.1 Å². The van der Waals surface area contributed by atoms with Gasteiger partial charge in [-0.15, -0.1) is 0 Å². The monoisotopic (exact) mass is 1040 g/mol. The lowest BCUT2D eigenvalue weighted by Crippen LogP contribution is -2.41. The second kappa shape index (κ2) is 16.8. The maximum Gasteiger partial charge on any atom is 0.0725 e. The van der Waals surface area contributed by atoms with Crippen molar-refractivity contribution in [3.05, 3.63) is 269 Å². The molecular weight excluding hydrogens is 975 g/mol. The lowest BCUT2D eigenvalue weighted by Gasteiger charge is -2.48. The number of nitrogens with zero attached hydrogens (tertiary/aromatic N) is 1. The average Bonchev–Trinajstić information content (AvgIpc) is 1.87. The number of hydrogen-bond donors (Lipinski definition) is 0.